The molecular formula is C17H32ClN3O2. The van der Waals surface area contributed by atoms with E-state index in [0.717, 1.165) is 32.2 Å². The van der Waals surface area contributed by atoms with Gasteiger partial charge in [0.1, 0.15) is 6.04 Å². The Labute approximate surface area is 146 Å². The van der Waals surface area contributed by atoms with Gasteiger partial charge in [-0.05, 0) is 52.0 Å². The Hall–Kier alpha value is -0.810. The fourth-order valence-corrected chi connectivity index (χ4v) is 3.57. The van der Waals surface area contributed by atoms with E-state index in [1.165, 1.54) is 19.3 Å². The summed E-state index contributed by atoms with van der Waals surface area (Å²) in [5, 5.41) is 9.29. The number of halogens is 1. The molecule has 3 unspecified atom stereocenters. The van der Waals surface area contributed by atoms with Crippen molar-refractivity contribution >= 4 is 24.2 Å². The van der Waals surface area contributed by atoms with E-state index >= 15 is 0 Å². The molecule has 2 amide bonds. The molecule has 1 heterocycles. The quantitative estimate of drug-likeness (QED) is 0.715. The second-order valence-corrected chi connectivity index (χ2v) is 7.00. The van der Waals surface area contributed by atoms with Crippen molar-refractivity contribution in [3.8, 4) is 0 Å². The van der Waals surface area contributed by atoms with E-state index in [9.17, 15) is 9.59 Å². The molecule has 0 aromatic heterocycles. The molecule has 3 N–H and O–H groups in total. The first kappa shape index (κ1) is 20.2. The molecule has 1 aliphatic heterocycles. The minimum Gasteiger partial charge on any atom is -0.350 e. The van der Waals surface area contributed by atoms with Crippen molar-refractivity contribution in [2.45, 2.75) is 83.3 Å². The summed E-state index contributed by atoms with van der Waals surface area (Å²) in [6.45, 7) is 4.88. The van der Waals surface area contributed by atoms with E-state index in [0.29, 0.717) is 18.4 Å². The van der Waals surface area contributed by atoms with Crippen molar-refractivity contribution in [3.63, 3.8) is 0 Å². The smallest absolute Gasteiger partial charge is 0.242 e. The highest BCUT2D eigenvalue weighted by Gasteiger charge is 2.25. The van der Waals surface area contributed by atoms with Crippen molar-refractivity contribution in [2.75, 3.05) is 6.54 Å². The first-order valence-corrected chi connectivity index (χ1v) is 8.89. The number of rotatable bonds is 5. The number of hydrogen-bond acceptors (Lipinski definition) is 3. The zero-order valence-electron chi connectivity index (χ0n) is 14.4. The molecule has 6 heteroatoms. The van der Waals surface area contributed by atoms with Gasteiger partial charge in [0.25, 0.3) is 0 Å². The Morgan fingerprint density at radius 2 is 1.83 bits per heavy atom. The van der Waals surface area contributed by atoms with E-state index in [-0.39, 0.29) is 30.3 Å². The molecule has 0 radical (unpaired) electrons. The molecule has 2 aliphatic rings. The average molecular weight is 346 g/mol. The molecule has 0 spiro atoms. The first-order chi connectivity index (χ1) is 10.6. The van der Waals surface area contributed by atoms with Crippen LogP contribution in [0.3, 0.4) is 0 Å². The molecule has 2 rings (SSSR count). The first-order valence-electron chi connectivity index (χ1n) is 8.89. The summed E-state index contributed by atoms with van der Waals surface area (Å²) in [6, 6.07) is 0.00649. The van der Waals surface area contributed by atoms with Crippen LogP contribution in [0, 0.1) is 5.92 Å². The molecule has 0 bridgehead atoms. The highest BCUT2D eigenvalue weighted by Crippen LogP contribution is 2.26. The van der Waals surface area contributed by atoms with Gasteiger partial charge in [0.05, 0.1) is 0 Å². The van der Waals surface area contributed by atoms with Crippen LogP contribution >= 0.6 is 12.4 Å². The van der Waals surface area contributed by atoms with E-state index in [4.69, 9.17) is 0 Å². The number of hydrogen-bond donors (Lipinski definition) is 3. The SMILES string of the molecule is CC(NC(=O)CC1CCCCC1)C(=O)NC1CCCNC1C.Cl. The van der Waals surface area contributed by atoms with Crippen LogP contribution in [-0.2, 0) is 9.59 Å². The number of carbonyl (C=O) groups is 2. The van der Waals surface area contributed by atoms with Gasteiger partial charge in [-0.3, -0.25) is 9.59 Å². The standard InChI is InChI=1S/C17H31N3O2.ClH/c1-12-15(9-6-10-18-12)20-17(22)13(2)19-16(21)11-14-7-4-3-5-8-14;/h12-15,18H,3-11H2,1-2H3,(H,19,21)(H,20,22);1H. The topological polar surface area (TPSA) is 70.2 Å². The monoisotopic (exact) mass is 345 g/mol. The molecular weight excluding hydrogens is 314 g/mol. The molecule has 3 atom stereocenters. The van der Waals surface area contributed by atoms with Crippen molar-refractivity contribution < 1.29 is 9.59 Å². The second kappa shape index (κ2) is 10.1. The molecule has 1 saturated carbocycles. The average Bonchev–Trinajstić information content (AvgIpc) is 2.50. The fraction of sp³-hybridized carbons (Fsp3) is 0.882. The van der Waals surface area contributed by atoms with E-state index < -0.39 is 6.04 Å². The van der Waals surface area contributed by atoms with Crippen LogP contribution in [0.4, 0.5) is 0 Å². The van der Waals surface area contributed by atoms with Crippen LogP contribution in [-0.4, -0.2) is 36.5 Å². The Morgan fingerprint density at radius 3 is 2.48 bits per heavy atom. The van der Waals surface area contributed by atoms with Gasteiger partial charge in [-0.25, -0.2) is 0 Å². The van der Waals surface area contributed by atoms with E-state index in [1.807, 2.05) is 0 Å². The zero-order valence-corrected chi connectivity index (χ0v) is 15.2. The van der Waals surface area contributed by atoms with Crippen molar-refractivity contribution in [2.24, 2.45) is 5.92 Å². The van der Waals surface area contributed by atoms with Crippen molar-refractivity contribution in [1.82, 2.24) is 16.0 Å². The minimum absolute atomic E-state index is 0. The zero-order chi connectivity index (χ0) is 15.9. The predicted octanol–water partition coefficient (Wildman–Crippen LogP) is 2.14. The molecule has 23 heavy (non-hydrogen) atoms. The number of amides is 2. The molecule has 1 saturated heterocycles. The van der Waals surface area contributed by atoms with Gasteiger partial charge in [0.15, 0.2) is 0 Å². The summed E-state index contributed by atoms with van der Waals surface area (Å²) >= 11 is 0. The molecule has 134 valence electrons. The van der Waals surface area contributed by atoms with Crippen LogP contribution in [0.2, 0.25) is 0 Å². The van der Waals surface area contributed by atoms with Gasteiger partial charge in [0.2, 0.25) is 11.8 Å². The fourth-order valence-electron chi connectivity index (χ4n) is 3.57. The summed E-state index contributed by atoms with van der Waals surface area (Å²) in [6.07, 6.45) is 8.73. The maximum absolute atomic E-state index is 12.2. The van der Waals surface area contributed by atoms with Gasteiger partial charge in [0, 0.05) is 18.5 Å². The Bertz CT molecular complexity index is 386. The summed E-state index contributed by atoms with van der Waals surface area (Å²) in [5.41, 5.74) is 0. The lowest BCUT2D eigenvalue weighted by Gasteiger charge is -2.31. The van der Waals surface area contributed by atoms with Gasteiger partial charge in [-0.2, -0.15) is 0 Å². The van der Waals surface area contributed by atoms with E-state index in [1.54, 1.807) is 6.92 Å². The lowest BCUT2D eigenvalue weighted by Crippen LogP contribution is -2.55. The summed E-state index contributed by atoms with van der Waals surface area (Å²) in [7, 11) is 0. The summed E-state index contributed by atoms with van der Waals surface area (Å²) in [5.74, 6) is 0.452. The largest absolute Gasteiger partial charge is 0.350 e. The van der Waals surface area contributed by atoms with Gasteiger partial charge < -0.3 is 16.0 Å². The third kappa shape index (κ3) is 6.68. The lowest BCUT2D eigenvalue weighted by molar-refractivity contribution is -0.129. The van der Waals surface area contributed by atoms with Crippen LogP contribution in [0.25, 0.3) is 0 Å². The molecule has 2 fully saturated rings. The minimum atomic E-state index is -0.454. The maximum atomic E-state index is 12.2. The van der Waals surface area contributed by atoms with Crippen LogP contribution in [0.5, 0.6) is 0 Å². The van der Waals surface area contributed by atoms with Gasteiger partial charge in [-0.1, -0.05) is 19.3 Å². The van der Waals surface area contributed by atoms with Crippen molar-refractivity contribution in [1.29, 1.82) is 0 Å². The summed E-state index contributed by atoms with van der Waals surface area (Å²) in [4.78, 5) is 24.3. The lowest BCUT2D eigenvalue weighted by atomic mass is 9.87. The summed E-state index contributed by atoms with van der Waals surface area (Å²) < 4.78 is 0. The van der Waals surface area contributed by atoms with Crippen LogP contribution < -0.4 is 16.0 Å². The second-order valence-electron chi connectivity index (χ2n) is 7.00. The highest BCUT2D eigenvalue weighted by atomic mass is 35.5. The van der Waals surface area contributed by atoms with Gasteiger partial charge >= 0.3 is 0 Å². The van der Waals surface area contributed by atoms with Crippen LogP contribution in [0.1, 0.15) is 65.2 Å². The molecule has 1 aliphatic carbocycles. The number of carbonyl (C=O) groups excluding carboxylic acids is 2. The van der Waals surface area contributed by atoms with E-state index in [2.05, 4.69) is 22.9 Å². The highest BCUT2D eigenvalue weighted by molar-refractivity contribution is 5.87. The normalized spacial score (nSPS) is 26.7. The molecule has 5 nitrogen and oxygen atoms in total. The Morgan fingerprint density at radius 1 is 1.13 bits per heavy atom. The Balaban J connectivity index is 0.00000264. The predicted molar refractivity (Wildman–Crippen MR) is 94.7 cm³/mol. The Kier molecular flexibility index (Phi) is 8.92. The van der Waals surface area contributed by atoms with Gasteiger partial charge in [-0.15, -0.1) is 12.4 Å². The number of piperidine rings is 1. The number of nitrogens with one attached hydrogen (secondary N) is 3. The molecule has 0 aromatic rings. The third-order valence-corrected chi connectivity index (χ3v) is 5.06. The third-order valence-electron chi connectivity index (χ3n) is 5.06. The van der Waals surface area contributed by atoms with Crippen molar-refractivity contribution in [3.05, 3.63) is 0 Å². The van der Waals surface area contributed by atoms with Crippen LogP contribution in [0.15, 0.2) is 0 Å². The maximum Gasteiger partial charge on any atom is 0.242 e. The molecule has 0 aromatic carbocycles.